The van der Waals surface area contributed by atoms with E-state index in [1.54, 1.807) is 49.6 Å². The van der Waals surface area contributed by atoms with Crippen molar-refractivity contribution in [2.24, 2.45) is 0 Å². The summed E-state index contributed by atoms with van der Waals surface area (Å²) in [4.78, 5) is 25.4. The van der Waals surface area contributed by atoms with E-state index in [1.807, 2.05) is 0 Å². The SMILES string of the molecule is COc1ccc(-c2c(C(=O)O)sc3c2NC(=O)C[C@@H]3c2ccc(OC)c(O)c2)cc1. The van der Waals surface area contributed by atoms with E-state index in [1.165, 1.54) is 7.11 Å². The number of nitrogens with one attached hydrogen (secondary N) is 1. The van der Waals surface area contributed by atoms with E-state index in [0.29, 0.717) is 33.9 Å². The van der Waals surface area contributed by atoms with E-state index in [0.717, 1.165) is 16.2 Å². The third-order valence-electron chi connectivity index (χ3n) is 5.08. The largest absolute Gasteiger partial charge is 0.504 e. The van der Waals surface area contributed by atoms with E-state index in [9.17, 15) is 19.8 Å². The molecule has 0 fully saturated rings. The fourth-order valence-corrected chi connectivity index (χ4v) is 4.91. The molecule has 1 aliphatic heterocycles. The van der Waals surface area contributed by atoms with Gasteiger partial charge in [-0.3, -0.25) is 4.79 Å². The molecule has 2 heterocycles. The number of hydrogen-bond donors (Lipinski definition) is 3. The Morgan fingerprint density at radius 3 is 2.47 bits per heavy atom. The molecule has 30 heavy (non-hydrogen) atoms. The monoisotopic (exact) mass is 425 g/mol. The van der Waals surface area contributed by atoms with Crippen molar-refractivity contribution in [1.29, 1.82) is 0 Å². The van der Waals surface area contributed by atoms with Crippen molar-refractivity contribution in [1.82, 2.24) is 0 Å². The molecule has 0 saturated heterocycles. The summed E-state index contributed by atoms with van der Waals surface area (Å²) in [5.74, 6) is -0.711. The molecular formula is C22H19NO6S. The van der Waals surface area contributed by atoms with E-state index in [4.69, 9.17) is 9.47 Å². The smallest absolute Gasteiger partial charge is 0.346 e. The molecule has 1 amide bonds. The first-order valence-corrected chi connectivity index (χ1v) is 9.95. The quantitative estimate of drug-likeness (QED) is 0.563. The summed E-state index contributed by atoms with van der Waals surface area (Å²) in [6.45, 7) is 0. The first-order chi connectivity index (χ1) is 14.4. The molecule has 0 bridgehead atoms. The molecule has 154 valence electrons. The van der Waals surface area contributed by atoms with Crippen LogP contribution in [-0.2, 0) is 4.79 Å². The highest BCUT2D eigenvalue weighted by molar-refractivity contribution is 7.15. The maximum atomic E-state index is 12.5. The number of phenolic OH excluding ortho intramolecular Hbond substituents is 1. The van der Waals surface area contributed by atoms with Crippen LogP contribution in [0.5, 0.6) is 17.2 Å². The molecule has 0 unspecified atom stereocenters. The number of hydrogen-bond acceptors (Lipinski definition) is 6. The zero-order chi connectivity index (χ0) is 21.4. The molecule has 3 aromatic rings. The number of ether oxygens (including phenoxy) is 2. The van der Waals surface area contributed by atoms with Crippen LogP contribution in [0.15, 0.2) is 42.5 Å². The predicted octanol–water partition coefficient (Wildman–Crippen LogP) is 4.31. The summed E-state index contributed by atoms with van der Waals surface area (Å²) in [5.41, 5.74) is 2.35. The van der Waals surface area contributed by atoms with E-state index in [-0.39, 0.29) is 28.9 Å². The van der Waals surface area contributed by atoms with Crippen LogP contribution >= 0.6 is 11.3 Å². The lowest BCUT2D eigenvalue weighted by Gasteiger charge is -2.24. The number of carboxylic acid groups (broad SMARTS) is 1. The van der Waals surface area contributed by atoms with Gasteiger partial charge in [0.2, 0.25) is 5.91 Å². The zero-order valence-electron chi connectivity index (χ0n) is 16.3. The highest BCUT2D eigenvalue weighted by Gasteiger charge is 2.34. The van der Waals surface area contributed by atoms with Crippen LogP contribution < -0.4 is 14.8 Å². The molecule has 0 radical (unpaired) electrons. The van der Waals surface area contributed by atoms with Gasteiger partial charge in [0, 0.05) is 22.8 Å². The number of carbonyl (C=O) groups is 2. The Balaban J connectivity index is 1.88. The van der Waals surface area contributed by atoms with Gasteiger partial charge in [-0.2, -0.15) is 0 Å². The molecule has 4 rings (SSSR count). The Bertz CT molecular complexity index is 1140. The number of benzene rings is 2. The third-order valence-corrected chi connectivity index (χ3v) is 6.38. The van der Waals surface area contributed by atoms with Gasteiger partial charge in [0.25, 0.3) is 0 Å². The van der Waals surface area contributed by atoms with Crippen LogP contribution in [-0.4, -0.2) is 36.3 Å². The van der Waals surface area contributed by atoms with E-state index < -0.39 is 5.97 Å². The van der Waals surface area contributed by atoms with E-state index >= 15 is 0 Å². The van der Waals surface area contributed by atoms with Gasteiger partial charge in [0.15, 0.2) is 11.5 Å². The zero-order valence-corrected chi connectivity index (χ0v) is 17.1. The predicted molar refractivity (Wildman–Crippen MR) is 113 cm³/mol. The number of aromatic carboxylic acids is 1. The van der Waals surface area contributed by atoms with Crippen molar-refractivity contribution in [2.45, 2.75) is 12.3 Å². The van der Waals surface area contributed by atoms with Crippen molar-refractivity contribution in [3.63, 3.8) is 0 Å². The Kier molecular flexibility index (Phi) is 5.09. The Morgan fingerprint density at radius 2 is 1.87 bits per heavy atom. The lowest BCUT2D eigenvalue weighted by Crippen LogP contribution is -2.22. The van der Waals surface area contributed by atoms with Crippen LogP contribution in [0, 0.1) is 0 Å². The maximum absolute atomic E-state index is 12.5. The molecular weight excluding hydrogens is 406 g/mol. The van der Waals surface area contributed by atoms with Crippen molar-refractivity contribution in [3.05, 3.63) is 57.8 Å². The highest BCUT2D eigenvalue weighted by Crippen LogP contribution is 2.50. The molecule has 1 aromatic heterocycles. The van der Waals surface area contributed by atoms with E-state index in [2.05, 4.69) is 5.32 Å². The van der Waals surface area contributed by atoms with Gasteiger partial charge >= 0.3 is 5.97 Å². The molecule has 0 saturated carbocycles. The van der Waals surface area contributed by atoms with Gasteiger partial charge in [-0.15, -0.1) is 11.3 Å². The average Bonchev–Trinajstić information content (AvgIpc) is 3.12. The summed E-state index contributed by atoms with van der Waals surface area (Å²) in [6, 6.07) is 12.0. The minimum atomic E-state index is -1.06. The first kappa shape index (κ1) is 19.8. The lowest BCUT2D eigenvalue weighted by atomic mass is 9.88. The van der Waals surface area contributed by atoms with Crippen molar-refractivity contribution in [3.8, 4) is 28.4 Å². The number of methoxy groups -OCH3 is 2. The number of carboxylic acids is 1. The van der Waals surface area contributed by atoms with Gasteiger partial charge in [-0.1, -0.05) is 18.2 Å². The Hall–Kier alpha value is -3.52. The van der Waals surface area contributed by atoms with Crippen LogP contribution in [0.4, 0.5) is 5.69 Å². The van der Waals surface area contributed by atoms with Gasteiger partial charge in [-0.25, -0.2) is 4.79 Å². The van der Waals surface area contributed by atoms with Gasteiger partial charge in [0.1, 0.15) is 10.6 Å². The molecule has 2 aromatic carbocycles. The minimum absolute atomic E-state index is 0.0343. The van der Waals surface area contributed by atoms with Gasteiger partial charge < -0.3 is 25.0 Å². The summed E-state index contributed by atoms with van der Waals surface area (Å²) in [5, 5.41) is 22.9. The highest BCUT2D eigenvalue weighted by atomic mass is 32.1. The maximum Gasteiger partial charge on any atom is 0.346 e. The summed E-state index contributed by atoms with van der Waals surface area (Å²) in [7, 11) is 3.01. The molecule has 7 nitrogen and oxygen atoms in total. The van der Waals surface area contributed by atoms with Crippen molar-refractivity contribution in [2.75, 3.05) is 19.5 Å². The number of fused-ring (bicyclic) bond motifs is 1. The van der Waals surface area contributed by atoms with Crippen LogP contribution in [0.25, 0.3) is 11.1 Å². The number of anilines is 1. The molecule has 8 heteroatoms. The van der Waals surface area contributed by atoms with Crippen molar-refractivity contribution >= 4 is 28.9 Å². The summed E-state index contributed by atoms with van der Waals surface area (Å²) in [6.07, 6.45) is 0.153. The molecule has 1 aliphatic rings. The molecule has 0 aliphatic carbocycles. The number of thiophene rings is 1. The number of rotatable bonds is 5. The average molecular weight is 425 g/mol. The van der Waals surface area contributed by atoms with Gasteiger partial charge in [-0.05, 0) is 35.4 Å². The summed E-state index contributed by atoms with van der Waals surface area (Å²) >= 11 is 1.14. The molecule has 0 spiro atoms. The fourth-order valence-electron chi connectivity index (χ4n) is 3.66. The van der Waals surface area contributed by atoms with Gasteiger partial charge in [0.05, 0.1) is 19.9 Å². The Morgan fingerprint density at radius 1 is 1.13 bits per heavy atom. The van der Waals surface area contributed by atoms with Crippen LogP contribution in [0.3, 0.4) is 0 Å². The topological polar surface area (TPSA) is 105 Å². The number of phenols is 1. The van der Waals surface area contributed by atoms with Crippen LogP contribution in [0.2, 0.25) is 0 Å². The standard InChI is InChI=1S/C22H19NO6S/c1-28-13-6-3-11(4-7-13)18-19-20(30-21(18)22(26)27)14(10-17(25)23-19)12-5-8-16(29-2)15(24)9-12/h3-9,14,24H,10H2,1-2H3,(H,23,25)(H,26,27)/t14-/m1/s1. The van der Waals surface area contributed by atoms with Crippen molar-refractivity contribution < 1.29 is 29.3 Å². The third kappa shape index (κ3) is 3.35. The summed E-state index contributed by atoms with van der Waals surface area (Å²) < 4.78 is 10.3. The first-order valence-electron chi connectivity index (χ1n) is 9.14. The molecule has 3 N–H and O–H groups in total. The second kappa shape index (κ2) is 7.72. The normalized spacial score (nSPS) is 15.3. The Labute approximate surface area is 176 Å². The lowest BCUT2D eigenvalue weighted by molar-refractivity contribution is -0.116. The number of carbonyl (C=O) groups excluding carboxylic acids is 1. The van der Waals surface area contributed by atoms with Crippen LogP contribution in [0.1, 0.15) is 32.5 Å². The number of amides is 1. The second-order valence-electron chi connectivity index (χ2n) is 6.82. The molecule has 1 atom stereocenters. The second-order valence-corrected chi connectivity index (χ2v) is 7.87. The fraction of sp³-hybridized carbons (Fsp3) is 0.182. The number of aromatic hydroxyl groups is 1. The minimum Gasteiger partial charge on any atom is -0.504 e.